The third-order valence-corrected chi connectivity index (χ3v) is 7.77. The summed E-state index contributed by atoms with van der Waals surface area (Å²) in [5.41, 5.74) is -0.888. The van der Waals surface area contributed by atoms with Gasteiger partial charge >= 0.3 is 0 Å². The molecule has 3 aliphatic heterocycles. The van der Waals surface area contributed by atoms with Crippen molar-refractivity contribution in [3.8, 4) is 0 Å². The van der Waals surface area contributed by atoms with Crippen LogP contribution in [0, 0.1) is 22.7 Å². The molecule has 0 aromatic carbocycles. The van der Waals surface area contributed by atoms with Gasteiger partial charge in [-0.3, -0.25) is 28.9 Å². The molecule has 0 aliphatic carbocycles. The molecular formula is C29H52N4O5. The largest absolute Gasteiger partial charge is 0.342 e. The summed E-state index contributed by atoms with van der Waals surface area (Å²) in [5, 5.41) is 2.76. The summed E-state index contributed by atoms with van der Waals surface area (Å²) >= 11 is 0. The zero-order chi connectivity index (χ0) is 30.3. The number of likely N-dealkylation sites (N-methyl/N-ethyl adjacent to an activating group) is 1. The van der Waals surface area contributed by atoms with Gasteiger partial charge in [0, 0.05) is 35.5 Å². The van der Waals surface area contributed by atoms with Crippen LogP contribution in [0.2, 0.25) is 0 Å². The Kier molecular flexibility index (Phi) is 10.0. The van der Waals surface area contributed by atoms with Crippen LogP contribution < -0.4 is 5.32 Å². The summed E-state index contributed by atoms with van der Waals surface area (Å²) < 4.78 is 0. The summed E-state index contributed by atoms with van der Waals surface area (Å²) in [6, 6.07) is 0.266. The summed E-state index contributed by atoms with van der Waals surface area (Å²) in [4.78, 5) is 62.3. The van der Waals surface area contributed by atoms with Crippen molar-refractivity contribution >= 4 is 29.5 Å². The van der Waals surface area contributed by atoms with E-state index in [1.807, 2.05) is 74.1 Å². The maximum Gasteiger partial charge on any atom is 0.247 e. The molecule has 3 aliphatic rings. The van der Waals surface area contributed by atoms with Crippen molar-refractivity contribution in [2.45, 2.75) is 127 Å². The van der Waals surface area contributed by atoms with Gasteiger partial charge in [-0.15, -0.1) is 0 Å². The average molecular weight is 537 g/mol. The number of nitrogens with one attached hydrogen (secondary N) is 1. The van der Waals surface area contributed by atoms with Crippen molar-refractivity contribution < 1.29 is 24.0 Å². The van der Waals surface area contributed by atoms with Crippen molar-refractivity contribution in [3.63, 3.8) is 0 Å². The van der Waals surface area contributed by atoms with Crippen LogP contribution in [0.5, 0.6) is 0 Å². The average Bonchev–Trinajstić information content (AvgIpc) is 2.79. The van der Waals surface area contributed by atoms with Crippen molar-refractivity contribution in [1.82, 2.24) is 20.0 Å². The highest BCUT2D eigenvalue weighted by Crippen LogP contribution is 2.33. The molecule has 6 unspecified atom stereocenters. The summed E-state index contributed by atoms with van der Waals surface area (Å²) in [5.74, 6) is 0.354. The minimum absolute atomic E-state index is 0.00299. The molecule has 9 nitrogen and oxygen atoms in total. The van der Waals surface area contributed by atoms with Gasteiger partial charge in [0.15, 0.2) is 0 Å². The van der Waals surface area contributed by atoms with Crippen molar-refractivity contribution in [2.75, 3.05) is 7.05 Å². The Morgan fingerprint density at radius 1 is 0.658 bits per heavy atom. The highest BCUT2D eigenvalue weighted by Gasteiger charge is 2.48. The highest BCUT2D eigenvalue weighted by molar-refractivity contribution is 6.03. The zero-order valence-corrected chi connectivity index (χ0v) is 26.3. The molecule has 218 valence electrons. The number of amides is 5. The predicted molar refractivity (Wildman–Crippen MR) is 149 cm³/mol. The fourth-order valence-electron chi connectivity index (χ4n) is 4.43. The van der Waals surface area contributed by atoms with Gasteiger partial charge in [-0.2, -0.15) is 0 Å². The lowest BCUT2D eigenvalue weighted by atomic mass is 9.85. The number of imide groups is 1. The van der Waals surface area contributed by atoms with Crippen molar-refractivity contribution in [3.05, 3.63) is 0 Å². The first-order valence-corrected chi connectivity index (χ1v) is 13.7. The van der Waals surface area contributed by atoms with Crippen LogP contribution in [-0.4, -0.2) is 81.0 Å². The smallest absolute Gasteiger partial charge is 0.247 e. The van der Waals surface area contributed by atoms with Crippen molar-refractivity contribution in [2.24, 2.45) is 22.7 Å². The number of nitrogens with zero attached hydrogens (tertiary/aromatic N) is 3. The molecule has 0 saturated carbocycles. The predicted octanol–water partition coefficient (Wildman–Crippen LogP) is 3.46. The molecule has 0 spiro atoms. The lowest BCUT2D eigenvalue weighted by Gasteiger charge is -2.51. The van der Waals surface area contributed by atoms with E-state index in [2.05, 4.69) is 33.0 Å². The van der Waals surface area contributed by atoms with Crippen LogP contribution in [0.25, 0.3) is 0 Å². The Bertz CT molecular complexity index is 940. The summed E-state index contributed by atoms with van der Waals surface area (Å²) in [7, 11) is 1.74. The third kappa shape index (κ3) is 6.94. The number of β-lactam (4-membered cyclic amide) rings is 3. The number of hydrogen-bond donors (Lipinski definition) is 1. The van der Waals surface area contributed by atoms with E-state index in [0.29, 0.717) is 11.9 Å². The van der Waals surface area contributed by atoms with Gasteiger partial charge in [-0.05, 0) is 41.5 Å². The SMILES string of the molecule is CC1C(=O)N(C(=O)C(C)(C)C)C1C.CC1C(=O)N(C(C)(C)C)C1C.CC1C(NC(=O)C(C)(C)C)C(=O)N1C. The standard InChI is InChI=1S/C10H18N2O2.C10H17NO2.C9H17NO/c1-6-7(8(13)12(6)5)11-9(14)10(2,3)4;1-6-7(2)11(8(6)12)9(13)10(3,4)5;1-6-7(2)10(8(6)11)9(3,4)5/h6-7H,1-5H3,(H,11,14);6-7H,1-5H3;6-7H,1-5H3. The van der Waals surface area contributed by atoms with Crippen LogP contribution >= 0.6 is 0 Å². The summed E-state index contributed by atoms with van der Waals surface area (Å²) in [6.45, 7) is 27.0. The number of hydrogen-bond acceptors (Lipinski definition) is 5. The second kappa shape index (κ2) is 11.3. The van der Waals surface area contributed by atoms with E-state index < -0.39 is 10.8 Å². The maximum atomic E-state index is 11.7. The van der Waals surface area contributed by atoms with Crippen LogP contribution in [0.4, 0.5) is 0 Å². The fraction of sp³-hybridized carbons (Fsp3) is 0.828. The first-order chi connectivity index (χ1) is 16.9. The fourth-order valence-corrected chi connectivity index (χ4v) is 4.43. The van der Waals surface area contributed by atoms with Gasteiger partial charge in [-0.25, -0.2) is 0 Å². The van der Waals surface area contributed by atoms with Crippen LogP contribution in [0.15, 0.2) is 0 Å². The molecular weight excluding hydrogens is 484 g/mol. The zero-order valence-electron chi connectivity index (χ0n) is 26.3. The second-order valence-corrected chi connectivity index (χ2v) is 14.1. The number of carbonyl (C=O) groups excluding carboxylic acids is 5. The lowest BCUT2D eigenvalue weighted by molar-refractivity contribution is -0.168. The molecule has 0 aromatic heterocycles. The quantitative estimate of drug-likeness (QED) is 0.517. The first-order valence-electron chi connectivity index (χ1n) is 13.7. The Morgan fingerprint density at radius 2 is 1.11 bits per heavy atom. The molecule has 9 heteroatoms. The van der Waals surface area contributed by atoms with E-state index in [9.17, 15) is 24.0 Å². The van der Waals surface area contributed by atoms with Gasteiger partial charge in [-0.1, -0.05) is 55.4 Å². The molecule has 3 fully saturated rings. The molecule has 3 rings (SSSR count). The second-order valence-electron chi connectivity index (χ2n) is 14.1. The first kappa shape index (κ1) is 33.6. The van der Waals surface area contributed by atoms with Gasteiger partial charge in [0.05, 0.1) is 17.9 Å². The Morgan fingerprint density at radius 3 is 1.39 bits per heavy atom. The molecule has 3 saturated heterocycles. The molecule has 0 bridgehead atoms. The van der Waals surface area contributed by atoms with Gasteiger partial charge in [0.25, 0.3) is 0 Å². The molecule has 5 amide bonds. The Balaban J connectivity index is 0.000000287. The number of carbonyl (C=O) groups is 5. The third-order valence-electron chi connectivity index (χ3n) is 7.77. The van der Waals surface area contributed by atoms with Crippen LogP contribution in [0.3, 0.4) is 0 Å². The molecule has 38 heavy (non-hydrogen) atoms. The maximum absolute atomic E-state index is 11.7. The van der Waals surface area contributed by atoms with E-state index in [1.54, 1.807) is 11.9 Å². The Labute approximate surface area is 230 Å². The van der Waals surface area contributed by atoms with Crippen LogP contribution in [0.1, 0.15) is 96.9 Å². The van der Waals surface area contributed by atoms with Gasteiger partial charge < -0.3 is 15.1 Å². The molecule has 1 N–H and O–H groups in total. The molecule has 6 atom stereocenters. The normalized spacial score (nSPS) is 29.1. The minimum atomic E-state index is -0.454. The topological polar surface area (TPSA) is 107 Å². The van der Waals surface area contributed by atoms with E-state index in [1.165, 1.54) is 4.90 Å². The van der Waals surface area contributed by atoms with E-state index >= 15 is 0 Å². The number of rotatable bonds is 1. The van der Waals surface area contributed by atoms with Gasteiger partial charge in [0.2, 0.25) is 29.5 Å². The number of likely N-dealkylation sites (tertiary alicyclic amines) is 3. The monoisotopic (exact) mass is 536 g/mol. The van der Waals surface area contributed by atoms with E-state index in [-0.39, 0.29) is 59.1 Å². The summed E-state index contributed by atoms with van der Waals surface area (Å²) in [6.07, 6.45) is 0. The molecule has 0 aromatic rings. The van der Waals surface area contributed by atoms with E-state index in [0.717, 1.165) is 0 Å². The Hall–Kier alpha value is -2.45. The van der Waals surface area contributed by atoms with E-state index in [4.69, 9.17) is 0 Å². The molecule has 3 heterocycles. The lowest BCUT2D eigenvalue weighted by Crippen LogP contribution is -2.68. The highest BCUT2D eigenvalue weighted by atomic mass is 16.2. The van der Waals surface area contributed by atoms with Crippen LogP contribution in [-0.2, 0) is 24.0 Å². The minimum Gasteiger partial charge on any atom is -0.342 e. The van der Waals surface area contributed by atoms with Crippen molar-refractivity contribution in [1.29, 1.82) is 0 Å². The van der Waals surface area contributed by atoms with Gasteiger partial charge in [0.1, 0.15) is 6.04 Å². The molecule has 0 radical (unpaired) electrons.